The molecule has 0 heterocycles. The average molecular weight is 307 g/mol. The molecule has 0 aliphatic carbocycles. The highest BCUT2D eigenvalue weighted by Crippen LogP contribution is 2.09. The monoisotopic (exact) mass is 307 g/mol. The molecule has 0 saturated heterocycles. The molecule has 1 unspecified atom stereocenters. The van der Waals surface area contributed by atoms with Gasteiger partial charge in [0.2, 0.25) is 0 Å². The van der Waals surface area contributed by atoms with E-state index in [0.717, 1.165) is 19.4 Å². The van der Waals surface area contributed by atoms with Gasteiger partial charge in [0.05, 0.1) is 5.75 Å². The Labute approximate surface area is 123 Å². The van der Waals surface area contributed by atoms with Crippen LogP contribution in [0.1, 0.15) is 53.9 Å². The predicted molar refractivity (Wildman–Crippen MR) is 81.5 cm³/mol. The molecule has 1 atom stereocenters. The van der Waals surface area contributed by atoms with Crippen molar-refractivity contribution in [3.8, 4) is 0 Å². The van der Waals surface area contributed by atoms with Gasteiger partial charge in [0, 0.05) is 6.04 Å². The molecule has 6 heteroatoms. The second-order valence-electron chi connectivity index (χ2n) is 5.98. The van der Waals surface area contributed by atoms with E-state index in [2.05, 4.69) is 12.2 Å². The van der Waals surface area contributed by atoms with Crippen molar-refractivity contribution >= 4 is 15.8 Å². The maximum atomic E-state index is 11.8. The van der Waals surface area contributed by atoms with E-state index in [1.807, 2.05) is 6.92 Å². The number of carbonyl (C=O) groups excluding carboxylic acids is 1. The van der Waals surface area contributed by atoms with Crippen molar-refractivity contribution < 1.29 is 17.9 Å². The van der Waals surface area contributed by atoms with Crippen molar-refractivity contribution in [1.82, 2.24) is 5.32 Å². The molecule has 20 heavy (non-hydrogen) atoms. The summed E-state index contributed by atoms with van der Waals surface area (Å²) in [6.07, 6.45) is 2.34. The van der Waals surface area contributed by atoms with Crippen molar-refractivity contribution in [3.63, 3.8) is 0 Å². The summed E-state index contributed by atoms with van der Waals surface area (Å²) in [6.45, 7) is 10.1. The SMILES string of the molecule is CCNC(CC)CCCS(=O)(=O)CC(=O)OC(C)(C)C. The Balaban J connectivity index is 4.17. The quantitative estimate of drug-likeness (QED) is 0.659. The normalized spacial score (nSPS) is 14.1. The van der Waals surface area contributed by atoms with Gasteiger partial charge in [-0.15, -0.1) is 0 Å². The molecule has 0 aromatic rings. The fourth-order valence-corrected chi connectivity index (χ4v) is 3.08. The van der Waals surface area contributed by atoms with Gasteiger partial charge >= 0.3 is 5.97 Å². The van der Waals surface area contributed by atoms with Gasteiger partial charge in [-0.05, 0) is 46.6 Å². The molecule has 1 N–H and O–H groups in total. The number of hydrogen-bond donors (Lipinski definition) is 1. The van der Waals surface area contributed by atoms with Crippen molar-refractivity contribution in [3.05, 3.63) is 0 Å². The summed E-state index contributed by atoms with van der Waals surface area (Å²) in [6, 6.07) is 0.344. The highest BCUT2D eigenvalue weighted by atomic mass is 32.2. The van der Waals surface area contributed by atoms with Gasteiger partial charge in [-0.3, -0.25) is 4.79 Å². The van der Waals surface area contributed by atoms with Crippen molar-refractivity contribution in [2.24, 2.45) is 0 Å². The Morgan fingerprint density at radius 2 is 1.85 bits per heavy atom. The van der Waals surface area contributed by atoms with Crippen molar-refractivity contribution in [2.45, 2.75) is 65.5 Å². The second kappa shape index (κ2) is 8.62. The number of hydrogen-bond acceptors (Lipinski definition) is 5. The standard InChI is InChI=1S/C14H29NO4S/c1-6-12(15-7-2)9-8-10-20(17,18)11-13(16)19-14(3,4)5/h12,15H,6-11H2,1-5H3. The summed E-state index contributed by atoms with van der Waals surface area (Å²) in [5.74, 6) is -1.16. The molecule has 120 valence electrons. The minimum Gasteiger partial charge on any atom is -0.459 e. The molecule has 5 nitrogen and oxygen atoms in total. The van der Waals surface area contributed by atoms with Gasteiger partial charge in [-0.25, -0.2) is 8.42 Å². The Bertz CT molecular complexity index is 384. The smallest absolute Gasteiger partial charge is 0.321 e. The Hall–Kier alpha value is -0.620. The van der Waals surface area contributed by atoms with Crippen molar-refractivity contribution in [1.29, 1.82) is 0 Å². The lowest BCUT2D eigenvalue weighted by atomic mass is 10.1. The van der Waals surface area contributed by atoms with Crippen LogP contribution in [-0.4, -0.2) is 44.1 Å². The molecular weight excluding hydrogens is 278 g/mol. The van der Waals surface area contributed by atoms with Gasteiger partial charge in [-0.1, -0.05) is 13.8 Å². The number of nitrogens with one attached hydrogen (secondary N) is 1. The average Bonchev–Trinajstić information content (AvgIpc) is 2.23. The summed E-state index contributed by atoms with van der Waals surface area (Å²) in [5, 5.41) is 3.30. The van der Waals surface area contributed by atoms with E-state index in [4.69, 9.17) is 4.74 Å². The molecule has 0 spiro atoms. The second-order valence-corrected chi connectivity index (χ2v) is 8.17. The van der Waals surface area contributed by atoms with Crippen LogP contribution in [-0.2, 0) is 19.4 Å². The van der Waals surface area contributed by atoms with E-state index in [9.17, 15) is 13.2 Å². The van der Waals surface area contributed by atoms with Crippen LogP contribution in [0.15, 0.2) is 0 Å². The number of rotatable bonds is 9. The summed E-state index contributed by atoms with van der Waals surface area (Å²) >= 11 is 0. The summed E-state index contributed by atoms with van der Waals surface area (Å²) < 4.78 is 28.7. The molecule has 0 aromatic carbocycles. The first-order chi connectivity index (χ1) is 9.09. The number of sulfone groups is 1. The zero-order chi connectivity index (χ0) is 15.8. The zero-order valence-electron chi connectivity index (χ0n) is 13.4. The van der Waals surface area contributed by atoms with Crippen LogP contribution in [0.3, 0.4) is 0 Å². The first-order valence-corrected chi connectivity index (χ1v) is 9.07. The van der Waals surface area contributed by atoms with Gasteiger partial charge in [0.1, 0.15) is 11.4 Å². The number of esters is 1. The first kappa shape index (κ1) is 19.4. The minimum atomic E-state index is -3.37. The largest absolute Gasteiger partial charge is 0.459 e. The van der Waals surface area contributed by atoms with Crippen LogP contribution in [0, 0.1) is 0 Å². The van der Waals surface area contributed by atoms with Gasteiger partial charge in [0.15, 0.2) is 9.84 Å². The fraction of sp³-hybridized carbons (Fsp3) is 0.929. The Kier molecular flexibility index (Phi) is 8.35. The number of carbonyl (C=O) groups is 1. The maximum Gasteiger partial charge on any atom is 0.321 e. The third-order valence-electron chi connectivity index (χ3n) is 2.75. The van der Waals surface area contributed by atoms with E-state index in [0.29, 0.717) is 12.5 Å². The highest BCUT2D eigenvalue weighted by molar-refractivity contribution is 7.92. The zero-order valence-corrected chi connectivity index (χ0v) is 14.2. The minimum absolute atomic E-state index is 0.0359. The molecule has 0 saturated carbocycles. The molecule has 0 aliphatic heterocycles. The number of ether oxygens (including phenoxy) is 1. The van der Waals surface area contributed by atoms with Gasteiger partial charge < -0.3 is 10.1 Å². The molecular formula is C14H29NO4S. The van der Waals surface area contributed by atoms with Crippen LogP contribution in [0.5, 0.6) is 0 Å². The Morgan fingerprint density at radius 1 is 1.25 bits per heavy atom. The lowest BCUT2D eigenvalue weighted by Gasteiger charge is -2.19. The lowest BCUT2D eigenvalue weighted by molar-refractivity contribution is -0.151. The summed E-state index contributed by atoms with van der Waals surface area (Å²) in [7, 11) is -3.37. The van der Waals surface area contributed by atoms with Crippen LogP contribution < -0.4 is 5.32 Å². The fourth-order valence-electron chi connectivity index (χ4n) is 1.91. The topological polar surface area (TPSA) is 72.5 Å². The summed E-state index contributed by atoms with van der Waals surface area (Å²) in [4.78, 5) is 11.5. The van der Waals surface area contributed by atoms with Crippen LogP contribution in [0.25, 0.3) is 0 Å². The van der Waals surface area contributed by atoms with Gasteiger partial charge in [-0.2, -0.15) is 0 Å². The molecule has 0 radical (unpaired) electrons. The molecule has 0 aromatic heterocycles. The molecule has 0 bridgehead atoms. The molecule has 0 fully saturated rings. The van der Waals surface area contributed by atoms with E-state index >= 15 is 0 Å². The van der Waals surface area contributed by atoms with Crippen LogP contribution in [0.2, 0.25) is 0 Å². The Morgan fingerprint density at radius 3 is 2.30 bits per heavy atom. The third kappa shape index (κ3) is 10.2. The van der Waals surface area contributed by atoms with Crippen LogP contribution in [0.4, 0.5) is 0 Å². The van der Waals surface area contributed by atoms with E-state index in [1.54, 1.807) is 20.8 Å². The van der Waals surface area contributed by atoms with E-state index in [-0.39, 0.29) is 5.75 Å². The molecule has 0 aliphatic rings. The van der Waals surface area contributed by atoms with Crippen LogP contribution >= 0.6 is 0 Å². The summed E-state index contributed by atoms with van der Waals surface area (Å²) in [5.41, 5.74) is -0.648. The molecule has 0 amide bonds. The third-order valence-corrected chi connectivity index (χ3v) is 4.34. The predicted octanol–water partition coefficient (Wildman–Crippen LogP) is 1.91. The molecule has 0 rings (SSSR count). The maximum absolute atomic E-state index is 11.8. The van der Waals surface area contributed by atoms with Crippen molar-refractivity contribution in [2.75, 3.05) is 18.1 Å². The first-order valence-electron chi connectivity index (χ1n) is 7.25. The highest BCUT2D eigenvalue weighted by Gasteiger charge is 2.22. The van der Waals surface area contributed by atoms with E-state index in [1.165, 1.54) is 0 Å². The van der Waals surface area contributed by atoms with E-state index < -0.39 is 27.2 Å². The lowest BCUT2D eigenvalue weighted by Crippen LogP contribution is -2.30. The van der Waals surface area contributed by atoms with Gasteiger partial charge in [0.25, 0.3) is 0 Å².